The summed E-state index contributed by atoms with van der Waals surface area (Å²) in [6.07, 6.45) is 0. The zero-order chi connectivity index (χ0) is 20.3. The van der Waals surface area contributed by atoms with Crippen LogP contribution in [0.1, 0.15) is 40.9 Å². The molecule has 0 bridgehead atoms. The van der Waals surface area contributed by atoms with Crippen LogP contribution in [0.5, 0.6) is 0 Å². The standard InChI is InChI=1S/C21H23F2N3O2/c1-12(2)19(26-20(27)18-16(22)4-3-5-17(18)23)21(28)25-9-13-6-7-14-10-24-11-15(14)8-13/h3-8,12,19,24H,9-11H2,1-2H3,(H,25,28)(H,26,27). The summed E-state index contributed by atoms with van der Waals surface area (Å²) in [7, 11) is 0. The number of nitrogens with one attached hydrogen (secondary N) is 3. The third-order valence-corrected chi connectivity index (χ3v) is 4.79. The Balaban J connectivity index is 1.66. The van der Waals surface area contributed by atoms with Crippen molar-refractivity contribution in [3.63, 3.8) is 0 Å². The molecule has 3 N–H and O–H groups in total. The molecule has 1 aliphatic heterocycles. The molecule has 0 radical (unpaired) electrons. The highest BCUT2D eigenvalue weighted by atomic mass is 19.1. The van der Waals surface area contributed by atoms with Gasteiger partial charge in [0.15, 0.2) is 0 Å². The number of amides is 2. The molecule has 0 saturated carbocycles. The van der Waals surface area contributed by atoms with Crippen LogP contribution in [0.2, 0.25) is 0 Å². The Morgan fingerprint density at radius 2 is 1.75 bits per heavy atom. The zero-order valence-electron chi connectivity index (χ0n) is 15.8. The van der Waals surface area contributed by atoms with Crippen LogP contribution >= 0.6 is 0 Å². The van der Waals surface area contributed by atoms with Gasteiger partial charge in [-0.2, -0.15) is 0 Å². The molecule has 0 aromatic heterocycles. The van der Waals surface area contributed by atoms with Crippen molar-refractivity contribution in [1.29, 1.82) is 0 Å². The van der Waals surface area contributed by atoms with Gasteiger partial charge in [-0.05, 0) is 34.7 Å². The first-order valence-electron chi connectivity index (χ1n) is 9.20. The second-order valence-corrected chi connectivity index (χ2v) is 7.22. The summed E-state index contributed by atoms with van der Waals surface area (Å²) < 4.78 is 27.7. The molecular formula is C21H23F2N3O2. The molecule has 1 atom stereocenters. The highest BCUT2D eigenvalue weighted by Crippen LogP contribution is 2.17. The normalized spacial score (nSPS) is 13.9. The minimum Gasteiger partial charge on any atom is -0.350 e. The Kier molecular flexibility index (Phi) is 6.04. The van der Waals surface area contributed by atoms with Gasteiger partial charge in [-0.15, -0.1) is 0 Å². The SMILES string of the molecule is CC(C)C(NC(=O)c1c(F)cccc1F)C(=O)NCc1ccc2c(c1)CNC2. The van der Waals surface area contributed by atoms with Crippen LogP contribution in [0.25, 0.3) is 0 Å². The van der Waals surface area contributed by atoms with Gasteiger partial charge in [-0.25, -0.2) is 8.78 Å². The molecule has 0 saturated heterocycles. The molecule has 148 valence electrons. The second-order valence-electron chi connectivity index (χ2n) is 7.22. The Hall–Kier alpha value is -2.80. The van der Waals surface area contributed by atoms with E-state index in [1.807, 2.05) is 18.2 Å². The lowest BCUT2D eigenvalue weighted by Gasteiger charge is -2.22. The van der Waals surface area contributed by atoms with E-state index >= 15 is 0 Å². The lowest BCUT2D eigenvalue weighted by Crippen LogP contribution is -2.49. The Morgan fingerprint density at radius 3 is 2.43 bits per heavy atom. The topological polar surface area (TPSA) is 70.2 Å². The van der Waals surface area contributed by atoms with Gasteiger partial charge in [0.05, 0.1) is 0 Å². The van der Waals surface area contributed by atoms with E-state index < -0.39 is 35.1 Å². The number of hydrogen-bond donors (Lipinski definition) is 3. The molecular weight excluding hydrogens is 364 g/mol. The van der Waals surface area contributed by atoms with Crippen LogP contribution in [-0.2, 0) is 24.4 Å². The monoisotopic (exact) mass is 387 g/mol. The molecule has 0 fully saturated rings. The molecule has 3 rings (SSSR count). The van der Waals surface area contributed by atoms with Gasteiger partial charge in [0.2, 0.25) is 5.91 Å². The molecule has 0 spiro atoms. The summed E-state index contributed by atoms with van der Waals surface area (Å²) in [5.41, 5.74) is 2.71. The van der Waals surface area contributed by atoms with Crippen molar-refractivity contribution in [3.8, 4) is 0 Å². The molecule has 2 aromatic carbocycles. The van der Waals surface area contributed by atoms with Crippen LogP contribution in [0.15, 0.2) is 36.4 Å². The van der Waals surface area contributed by atoms with Gasteiger partial charge in [0.1, 0.15) is 23.2 Å². The lowest BCUT2D eigenvalue weighted by molar-refractivity contribution is -0.124. The van der Waals surface area contributed by atoms with Gasteiger partial charge in [-0.1, -0.05) is 38.1 Å². The third kappa shape index (κ3) is 4.36. The molecule has 2 amide bonds. The summed E-state index contributed by atoms with van der Waals surface area (Å²) in [5, 5.41) is 8.51. The lowest BCUT2D eigenvalue weighted by atomic mass is 10.0. The van der Waals surface area contributed by atoms with Crippen molar-refractivity contribution in [2.45, 2.75) is 39.5 Å². The first-order chi connectivity index (χ1) is 13.4. The highest BCUT2D eigenvalue weighted by Gasteiger charge is 2.27. The Labute approximate surface area is 162 Å². The molecule has 1 aliphatic rings. The van der Waals surface area contributed by atoms with Gasteiger partial charge >= 0.3 is 0 Å². The first-order valence-corrected chi connectivity index (χ1v) is 9.20. The number of rotatable bonds is 6. The highest BCUT2D eigenvalue weighted by molar-refractivity contribution is 5.98. The maximum atomic E-state index is 13.8. The summed E-state index contributed by atoms with van der Waals surface area (Å²) in [5.74, 6) is -3.55. The number of carbonyl (C=O) groups excluding carboxylic acids is 2. The largest absolute Gasteiger partial charge is 0.350 e. The Bertz CT molecular complexity index is 879. The van der Waals surface area contributed by atoms with E-state index in [2.05, 4.69) is 16.0 Å². The first kappa shape index (κ1) is 19.9. The number of fused-ring (bicyclic) bond motifs is 1. The number of carbonyl (C=O) groups is 2. The molecule has 28 heavy (non-hydrogen) atoms. The molecule has 2 aromatic rings. The van der Waals surface area contributed by atoms with E-state index in [-0.39, 0.29) is 5.92 Å². The summed E-state index contributed by atoms with van der Waals surface area (Å²) in [6, 6.07) is 8.29. The minimum absolute atomic E-state index is 0.261. The van der Waals surface area contributed by atoms with Gasteiger partial charge in [0, 0.05) is 19.6 Å². The fraction of sp³-hybridized carbons (Fsp3) is 0.333. The van der Waals surface area contributed by atoms with Crippen molar-refractivity contribution >= 4 is 11.8 Å². The summed E-state index contributed by atoms with van der Waals surface area (Å²) in [6.45, 7) is 5.46. The maximum absolute atomic E-state index is 13.8. The Morgan fingerprint density at radius 1 is 1.07 bits per heavy atom. The maximum Gasteiger partial charge on any atom is 0.257 e. The van der Waals surface area contributed by atoms with Crippen molar-refractivity contribution < 1.29 is 18.4 Å². The molecule has 7 heteroatoms. The van der Waals surface area contributed by atoms with Crippen LogP contribution in [0.3, 0.4) is 0 Å². The number of halogens is 2. The predicted octanol–water partition coefficient (Wildman–Crippen LogP) is 2.64. The average Bonchev–Trinajstić information content (AvgIpc) is 3.11. The molecule has 1 heterocycles. The minimum atomic E-state index is -0.966. The van der Waals surface area contributed by atoms with Gasteiger partial charge in [-0.3, -0.25) is 9.59 Å². The van der Waals surface area contributed by atoms with Crippen molar-refractivity contribution in [2.75, 3.05) is 0 Å². The summed E-state index contributed by atoms with van der Waals surface area (Å²) in [4.78, 5) is 24.9. The fourth-order valence-corrected chi connectivity index (χ4v) is 3.22. The van der Waals surface area contributed by atoms with Crippen LogP contribution in [0, 0.1) is 17.6 Å². The molecule has 1 unspecified atom stereocenters. The zero-order valence-corrected chi connectivity index (χ0v) is 15.8. The third-order valence-electron chi connectivity index (χ3n) is 4.79. The second kappa shape index (κ2) is 8.48. The summed E-state index contributed by atoms with van der Waals surface area (Å²) >= 11 is 0. The van der Waals surface area contributed by atoms with Gasteiger partial charge < -0.3 is 16.0 Å². The van der Waals surface area contributed by atoms with Crippen molar-refractivity contribution in [1.82, 2.24) is 16.0 Å². The van der Waals surface area contributed by atoms with E-state index in [0.29, 0.717) is 6.54 Å². The van der Waals surface area contributed by atoms with Crippen LogP contribution in [0.4, 0.5) is 8.78 Å². The quantitative estimate of drug-likeness (QED) is 0.714. The number of benzene rings is 2. The molecule has 5 nitrogen and oxygen atoms in total. The van der Waals surface area contributed by atoms with Gasteiger partial charge in [0.25, 0.3) is 5.91 Å². The number of hydrogen-bond acceptors (Lipinski definition) is 3. The average molecular weight is 387 g/mol. The van der Waals surface area contributed by atoms with Crippen LogP contribution in [-0.4, -0.2) is 17.9 Å². The van der Waals surface area contributed by atoms with Crippen molar-refractivity contribution in [3.05, 3.63) is 70.3 Å². The van der Waals surface area contributed by atoms with E-state index in [1.54, 1.807) is 13.8 Å². The fourth-order valence-electron chi connectivity index (χ4n) is 3.22. The van der Waals surface area contributed by atoms with E-state index in [1.165, 1.54) is 17.2 Å². The van der Waals surface area contributed by atoms with Crippen molar-refractivity contribution in [2.24, 2.45) is 5.92 Å². The van der Waals surface area contributed by atoms with E-state index in [9.17, 15) is 18.4 Å². The predicted molar refractivity (Wildman–Crippen MR) is 101 cm³/mol. The van der Waals surface area contributed by atoms with E-state index in [0.717, 1.165) is 30.8 Å². The molecule has 0 aliphatic carbocycles. The van der Waals surface area contributed by atoms with E-state index in [4.69, 9.17) is 0 Å². The van der Waals surface area contributed by atoms with Crippen LogP contribution < -0.4 is 16.0 Å². The smallest absolute Gasteiger partial charge is 0.257 e.